The fourth-order valence-electron chi connectivity index (χ4n) is 5.08. The van der Waals surface area contributed by atoms with E-state index in [4.69, 9.17) is 4.43 Å². The van der Waals surface area contributed by atoms with E-state index < -0.39 is 59.0 Å². The molecule has 8 nitrogen and oxygen atoms in total. The van der Waals surface area contributed by atoms with Crippen molar-refractivity contribution >= 4 is 35.7 Å². The molecule has 2 aromatic carbocycles. The molecule has 2 N–H and O–H groups in total. The number of amides is 2. The lowest BCUT2D eigenvalue weighted by Crippen LogP contribution is -2.53. The second-order valence-corrected chi connectivity index (χ2v) is 20.9. The molecule has 1 atom stereocenters. The first-order valence-corrected chi connectivity index (χ1v) is 19.4. The summed E-state index contributed by atoms with van der Waals surface area (Å²) in [7, 11) is -6.02. The van der Waals surface area contributed by atoms with Crippen molar-refractivity contribution in [2.45, 2.75) is 94.1 Å². The van der Waals surface area contributed by atoms with E-state index >= 15 is 0 Å². The largest absolute Gasteiger partial charge is 0.430 e. The van der Waals surface area contributed by atoms with E-state index in [1.54, 1.807) is 6.92 Å². The Hall–Kier alpha value is -2.95. The van der Waals surface area contributed by atoms with Gasteiger partial charge in [-0.05, 0) is 66.4 Å². The number of hydrogen-bond acceptors (Lipinski definition) is 6. The van der Waals surface area contributed by atoms with Crippen molar-refractivity contribution in [1.82, 2.24) is 4.90 Å². The smallest absolute Gasteiger partial charge is 0.416 e. The molecule has 0 spiro atoms. The van der Waals surface area contributed by atoms with Crippen molar-refractivity contribution in [2.75, 3.05) is 17.7 Å². The maximum Gasteiger partial charge on any atom is 0.430 e. The van der Waals surface area contributed by atoms with Crippen molar-refractivity contribution in [3.05, 3.63) is 59.2 Å². The van der Waals surface area contributed by atoms with Gasteiger partial charge in [-0.15, -0.1) is 0 Å². The molecule has 16 heteroatoms. The maximum atomic E-state index is 13.6. The van der Waals surface area contributed by atoms with E-state index in [1.165, 1.54) is 23.1 Å². The Morgan fingerprint density at radius 2 is 1.55 bits per heavy atom. The summed E-state index contributed by atoms with van der Waals surface area (Å²) in [6.45, 7) is 11.7. The summed E-state index contributed by atoms with van der Waals surface area (Å²) in [4.78, 5) is 28.4. The van der Waals surface area contributed by atoms with Gasteiger partial charge >= 0.3 is 12.4 Å². The molecule has 0 bridgehead atoms. The minimum absolute atomic E-state index is 0.00790. The Bertz CT molecular complexity index is 1630. The molecule has 2 aliphatic rings. The number of carbonyl (C=O) groups excluding carboxylic acids is 2. The number of anilines is 1. The molecule has 1 heterocycles. The predicted octanol–water partition coefficient (Wildman–Crippen LogP) is 6.62. The van der Waals surface area contributed by atoms with E-state index in [-0.39, 0.29) is 40.4 Å². The van der Waals surface area contributed by atoms with Crippen molar-refractivity contribution < 1.29 is 53.9 Å². The van der Waals surface area contributed by atoms with Crippen molar-refractivity contribution in [1.29, 1.82) is 0 Å². The third-order valence-corrected chi connectivity index (χ3v) is 15.7. The number of nitrogens with one attached hydrogen (secondary N) is 1. The van der Waals surface area contributed by atoms with Gasteiger partial charge in [-0.2, -0.15) is 26.3 Å². The van der Waals surface area contributed by atoms with Crippen LogP contribution in [0.1, 0.15) is 63.3 Å². The van der Waals surface area contributed by atoms with Crippen LogP contribution in [0.15, 0.2) is 47.4 Å². The summed E-state index contributed by atoms with van der Waals surface area (Å²) < 4.78 is 112. The zero-order chi connectivity index (χ0) is 35.6. The first-order valence-electron chi connectivity index (χ1n) is 14.8. The average molecular weight is 709 g/mol. The molecule has 0 radical (unpaired) electrons. The van der Waals surface area contributed by atoms with Crippen molar-refractivity contribution in [3.63, 3.8) is 0 Å². The molecule has 1 fully saturated rings. The number of sulfone groups is 1. The van der Waals surface area contributed by atoms with Crippen LogP contribution < -0.4 is 5.32 Å². The molecule has 2 aromatic rings. The zero-order valence-electron chi connectivity index (χ0n) is 26.8. The van der Waals surface area contributed by atoms with E-state index in [0.29, 0.717) is 36.1 Å². The van der Waals surface area contributed by atoms with Gasteiger partial charge in [0.1, 0.15) is 6.04 Å². The summed E-state index contributed by atoms with van der Waals surface area (Å²) in [6, 6.07) is 5.28. The number of carbonyl (C=O) groups is 2. The van der Waals surface area contributed by atoms with Crippen LogP contribution in [0.3, 0.4) is 0 Å². The Morgan fingerprint density at radius 3 is 2.04 bits per heavy atom. The molecule has 47 heavy (non-hydrogen) atoms. The van der Waals surface area contributed by atoms with Crippen LogP contribution in [0.2, 0.25) is 18.1 Å². The van der Waals surface area contributed by atoms with Gasteiger partial charge < -0.3 is 19.7 Å². The summed E-state index contributed by atoms with van der Waals surface area (Å²) in [5.74, 6) is -1.44. The number of alkyl halides is 6. The number of halogens is 6. The highest BCUT2D eigenvalue weighted by Gasteiger charge is 2.71. The van der Waals surface area contributed by atoms with Crippen LogP contribution >= 0.6 is 0 Å². The Labute approximate surface area is 270 Å². The molecular formula is C31H38F6N2O6SSi. The predicted molar refractivity (Wildman–Crippen MR) is 163 cm³/mol. The van der Waals surface area contributed by atoms with E-state index in [1.807, 2.05) is 33.9 Å². The fraction of sp³-hybridized carbons (Fsp3) is 0.548. The van der Waals surface area contributed by atoms with Crippen LogP contribution in [0.5, 0.6) is 0 Å². The third kappa shape index (κ3) is 6.96. The van der Waals surface area contributed by atoms with Crippen LogP contribution in [0.25, 0.3) is 0 Å². The number of hydrogen-bond donors (Lipinski definition) is 2. The van der Waals surface area contributed by atoms with Crippen molar-refractivity contribution in [3.8, 4) is 0 Å². The highest BCUT2D eigenvalue weighted by atomic mass is 32.2. The minimum Gasteiger partial charge on any atom is -0.416 e. The summed E-state index contributed by atoms with van der Waals surface area (Å²) in [5.41, 5.74) is -6.81. The van der Waals surface area contributed by atoms with Gasteiger partial charge in [-0.25, -0.2) is 8.42 Å². The standard InChI is InChI=1S/C31H38F6N2O6SSi/c1-27(2,3)47(5,6)45-15-16-46(43,44)22-11-12-23-19(17-22)18-39(26(41)28(4)13-14-28)24(23)25(40)38-21-9-7-20(8-10-21)29(42,30(32,33)34)31(35,36)37/h7-12,17,24,42H,13-16,18H2,1-6H3,(H,38,40). The van der Waals surface area contributed by atoms with E-state index in [0.717, 1.165) is 12.1 Å². The zero-order valence-corrected chi connectivity index (χ0v) is 28.6. The first kappa shape index (κ1) is 36.9. The molecule has 2 amide bonds. The molecular weight excluding hydrogens is 670 g/mol. The molecule has 0 aromatic heterocycles. The van der Waals surface area contributed by atoms with Gasteiger partial charge in [0.15, 0.2) is 18.2 Å². The average Bonchev–Trinajstić information content (AvgIpc) is 3.57. The normalized spacial score (nSPS) is 18.6. The van der Waals surface area contributed by atoms with Crippen LogP contribution in [0.4, 0.5) is 32.0 Å². The number of aliphatic hydroxyl groups is 1. The molecule has 0 saturated heterocycles. The summed E-state index contributed by atoms with van der Waals surface area (Å²) in [6.07, 6.45) is -11.0. The maximum absolute atomic E-state index is 13.6. The lowest BCUT2D eigenvalue weighted by molar-refractivity contribution is -0.376. The van der Waals surface area contributed by atoms with Crippen LogP contribution in [-0.2, 0) is 36.0 Å². The first-order chi connectivity index (χ1) is 21.3. The lowest BCUT2D eigenvalue weighted by Gasteiger charge is -2.36. The molecule has 1 saturated carbocycles. The van der Waals surface area contributed by atoms with Crippen molar-refractivity contribution in [2.24, 2.45) is 5.41 Å². The van der Waals surface area contributed by atoms with Crippen LogP contribution in [-0.4, -0.2) is 63.3 Å². The van der Waals surface area contributed by atoms with Gasteiger partial charge in [-0.1, -0.05) is 45.9 Å². The minimum atomic E-state index is -6.08. The highest BCUT2D eigenvalue weighted by molar-refractivity contribution is 7.91. The Morgan fingerprint density at radius 1 is 1.00 bits per heavy atom. The fourth-order valence-corrected chi connectivity index (χ4v) is 7.41. The molecule has 1 unspecified atom stereocenters. The SMILES string of the molecule is CC1(C(=O)N2Cc3cc(S(=O)(=O)CCO[Si](C)(C)C(C)(C)C)ccc3C2C(=O)Nc2ccc(C(O)(C(F)(F)F)C(F)(F)F)cc2)CC1. The van der Waals surface area contributed by atoms with E-state index in [9.17, 15) is 49.5 Å². The lowest BCUT2D eigenvalue weighted by atomic mass is 9.92. The Kier molecular flexibility index (Phi) is 9.32. The topological polar surface area (TPSA) is 113 Å². The van der Waals surface area contributed by atoms with Gasteiger partial charge in [0, 0.05) is 29.8 Å². The number of fused-ring (bicyclic) bond motifs is 1. The second kappa shape index (κ2) is 11.9. The monoisotopic (exact) mass is 708 g/mol. The van der Waals surface area contributed by atoms with E-state index in [2.05, 4.69) is 5.32 Å². The summed E-state index contributed by atoms with van der Waals surface area (Å²) >= 11 is 0. The molecule has 260 valence electrons. The third-order valence-electron chi connectivity index (χ3n) is 9.46. The Balaban J connectivity index is 1.60. The van der Waals surface area contributed by atoms with Gasteiger partial charge in [0.25, 0.3) is 11.5 Å². The van der Waals surface area contributed by atoms with Gasteiger partial charge in [0.05, 0.1) is 10.6 Å². The summed E-state index contributed by atoms with van der Waals surface area (Å²) in [5, 5.41) is 12.0. The van der Waals surface area contributed by atoms with Gasteiger partial charge in [0.2, 0.25) is 5.91 Å². The number of rotatable bonds is 9. The number of benzene rings is 2. The van der Waals surface area contributed by atoms with Gasteiger partial charge in [-0.3, -0.25) is 9.59 Å². The quantitative estimate of drug-likeness (QED) is 0.224. The molecule has 4 rings (SSSR count). The number of nitrogens with zero attached hydrogens (tertiary/aromatic N) is 1. The highest BCUT2D eigenvalue weighted by Crippen LogP contribution is 2.51. The molecule has 1 aliphatic heterocycles. The molecule has 1 aliphatic carbocycles. The second-order valence-electron chi connectivity index (χ2n) is 14.0. The van der Waals surface area contributed by atoms with Crippen LogP contribution in [0, 0.1) is 5.41 Å².